The zero-order valence-electron chi connectivity index (χ0n) is 16.9. The van der Waals surface area contributed by atoms with Gasteiger partial charge in [0.25, 0.3) is 0 Å². The average molecular weight is 451 g/mol. The number of terminal acetylenes is 1. The van der Waals surface area contributed by atoms with E-state index in [-0.39, 0.29) is 36.4 Å². The van der Waals surface area contributed by atoms with Gasteiger partial charge in [0.2, 0.25) is 0 Å². The summed E-state index contributed by atoms with van der Waals surface area (Å²) in [4.78, 5) is 33.4. The van der Waals surface area contributed by atoms with E-state index in [1.54, 1.807) is 0 Å². The highest BCUT2D eigenvalue weighted by molar-refractivity contribution is 5.81. The van der Waals surface area contributed by atoms with Crippen LogP contribution >= 0.6 is 0 Å². The molecule has 2 aromatic rings. The first kappa shape index (κ1) is 23.2. The fourth-order valence-corrected chi connectivity index (χ4v) is 3.26. The van der Waals surface area contributed by atoms with Gasteiger partial charge in [-0.2, -0.15) is 14.4 Å². The number of aliphatic hydroxyl groups is 1. The van der Waals surface area contributed by atoms with Gasteiger partial charge >= 0.3 is 18.2 Å². The molecular weight excluding hydrogens is 429 g/mol. The first-order valence-corrected chi connectivity index (χ1v) is 9.76. The van der Waals surface area contributed by atoms with E-state index in [1.165, 1.54) is 10.9 Å². The molecule has 0 amide bonds. The van der Waals surface area contributed by atoms with Crippen molar-refractivity contribution in [3.05, 3.63) is 12.4 Å². The molecule has 12 nitrogen and oxygen atoms in total. The van der Waals surface area contributed by atoms with Gasteiger partial charge in [0.1, 0.15) is 18.9 Å². The molecule has 0 bridgehead atoms. The number of halogens is 1. The van der Waals surface area contributed by atoms with Crippen LogP contribution in [0.4, 0.5) is 15.0 Å². The van der Waals surface area contributed by atoms with Crippen LogP contribution in [0, 0.1) is 18.4 Å². The third kappa shape index (κ3) is 5.04. The number of hydrogen-bond donors (Lipinski definition) is 3. The van der Waals surface area contributed by atoms with Crippen LogP contribution in [0.2, 0.25) is 0 Å². The van der Waals surface area contributed by atoms with Crippen molar-refractivity contribution < 1.29 is 38.4 Å². The number of anilines is 1. The lowest BCUT2D eigenvalue weighted by Gasteiger charge is -2.25. The Morgan fingerprint density at radius 1 is 1.38 bits per heavy atom. The van der Waals surface area contributed by atoms with E-state index in [9.17, 15) is 19.1 Å². The van der Waals surface area contributed by atoms with Crippen molar-refractivity contribution >= 4 is 29.1 Å². The molecule has 0 unspecified atom stereocenters. The molecule has 3 heterocycles. The van der Waals surface area contributed by atoms with Crippen molar-refractivity contribution in [1.82, 2.24) is 19.5 Å². The lowest BCUT2D eigenvalue weighted by atomic mass is 9.99. The van der Waals surface area contributed by atoms with Crippen molar-refractivity contribution in [3.63, 3.8) is 0 Å². The number of nitrogen functional groups attached to an aromatic ring is 1. The quantitative estimate of drug-likeness (QED) is 0.215. The molecule has 0 saturated carbocycles. The largest absolute Gasteiger partial charge is 0.508 e. The molecule has 2 aromatic heterocycles. The standard InChI is InChI=1S/C19H22FN5O7/c1-2-19(9-31-18(29)30-7-5-3-4-6-13(27)28)11(26)8-12(32-19)25-10-22-14-15(21)23-17(20)24-16(14)25/h1,10-12,26H,3-9H2,(H,27,28)(H2,21,23,24)/t11-,12+,19+/m0/s1. The van der Waals surface area contributed by atoms with Crippen LogP contribution in [0.1, 0.15) is 38.3 Å². The summed E-state index contributed by atoms with van der Waals surface area (Å²) in [5.74, 6) is 1.28. The van der Waals surface area contributed by atoms with Crippen molar-refractivity contribution in [1.29, 1.82) is 0 Å². The molecule has 1 fully saturated rings. The number of carbonyl (C=O) groups excluding carboxylic acids is 1. The Labute approximate surface area is 181 Å². The number of unbranched alkanes of at least 4 members (excludes halogenated alkanes) is 2. The summed E-state index contributed by atoms with van der Waals surface area (Å²) in [6.07, 6.45) is 4.25. The highest BCUT2D eigenvalue weighted by atomic mass is 19.1. The normalized spacial score (nSPS) is 22.5. The molecule has 3 atom stereocenters. The second kappa shape index (κ2) is 9.75. The molecule has 0 aromatic carbocycles. The summed E-state index contributed by atoms with van der Waals surface area (Å²) >= 11 is 0. The first-order valence-electron chi connectivity index (χ1n) is 9.76. The van der Waals surface area contributed by atoms with Crippen molar-refractivity contribution in [2.24, 2.45) is 0 Å². The van der Waals surface area contributed by atoms with E-state index >= 15 is 0 Å². The Balaban J connectivity index is 1.57. The van der Waals surface area contributed by atoms with Crippen molar-refractivity contribution in [3.8, 4) is 12.3 Å². The molecule has 4 N–H and O–H groups in total. The molecule has 32 heavy (non-hydrogen) atoms. The number of nitrogens with zero attached hydrogens (tertiary/aromatic N) is 4. The number of aliphatic carboxylic acids is 1. The fourth-order valence-electron chi connectivity index (χ4n) is 3.26. The van der Waals surface area contributed by atoms with Crippen LogP contribution in [0.5, 0.6) is 0 Å². The maximum absolute atomic E-state index is 13.6. The number of carboxylic acids is 1. The van der Waals surface area contributed by atoms with E-state index in [0.29, 0.717) is 19.3 Å². The Morgan fingerprint density at radius 3 is 2.88 bits per heavy atom. The van der Waals surface area contributed by atoms with Crippen LogP contribution < -0.4 is 5.73 Å². The Morgan fingerprint density at radius 2 is 2.16 bits per heavy atom. The highest BCUT2D eigenvalue weighted by Gasteiger charge is 2.49. The molecule has 0 radical (unpaired) electrons. The summed E-state index contributed by atoms with van der Waals surface area (Å²) in [7, 11) is 0. The minimum Gasteiger partial charge on any atom is -0.481 e. The minimum atomic E-state index is -1.67. The van der Waals surface area contributed by atoms with E-state index < -0.39 is 42.7 Å². The number of hydrogen-bond acceptors (Lipinski definition) is 10. The summed E-state index contributed by atoms with van der Waals surface area (Å²) in [6.45, 7) is -0.446. The molecular formula is C19H22FN5O7. The van der Waals surface area contributed by atoms with Gasteiger partial charge in [0, 0.05) is 12.8 Å². The third-order valence-electron chi connectivity index (χ3n) is 4.94. The van der Waals surface area contributed by atoms with Crippen LogP contribution in [-0.2, 0) is 19.0 Å². The summed E-state index contributed by atoms with van der Waals surface area (Å²) in [5.41, 5.74) is 4.20. The number of imidazole rings is 1. The lowest BCUT2D eigenvalue weighted by molar-refractivity contribution is -0.137. The van der Waals surface area contributed by atoms with Gasteiger partial charge in [-0.3, -0.25) is 9.36 Å². The second-order valence-electron chi connectivity index (χ2n) is 7.15. The Kier molecular flexibility index (Phi) is 7.06. The molecule has 13 heteroatoms. The molecule has 172 valence electrons. The number of carbonyl (C=O) groups is 2. The monoisotopic (exact) mass is 451 g/mol. The lowest BCUT2D eigenvalue weighted by Crippen LogP contribution is -2.43. The highest BCUT2D eigenvalue weighted by Crippen LogP contribution is 2.38. The van der Waals surface area contributed by atoms with Crippen LogP contribution in [0.15, 0.2) is 6.33 Å². The Hall–Kier alpha value is -3.50. The van der Waals surface area contributed by atoms with Gasteiger partial charge in [0.05, 0.1) is 12.9 Å². The van der Waals surface area contributed by atoms with Gasteiger partial charge in [-0.1, -0.05) is 5.92 Å². The van der Waals surface area contributed by atoms with Crippen LogP contribution in [-0.4, -0.2) is 66.8 Å². The number of nitrogens with two attached hydrogens (primary N) is 1. The van der Waals surface area contributed by atoms with Crippen molar-refractivity contribution in [2.75, 3.05) is 18.9 Å². The van der Waals surface area contributed by atoms with E-state index in [0.717, 1.165) is 0 Å². The Bertz CT molecular complexity index is 1040. The van der Waals surface area contributed by atoms with E-state index in [1.807, 2.05) is 0 Å². The zero-order chi connectivity index (χ0) is 23.3. The van der Waals surface area contributed by atoms with E-state index in [2.05, 4.69) is 20.9 Å². The fraction of sp³-hybridized carbons (Fsp3) is 0.526. The first-order chi connectivity index (χ1) is 15.3. The maximum atomic E-state index is 13.6. The van der Waals surface area contributed by atoms with Gasteiger partial charge < -0.3 is 30.2 Å². The summed E-state index contributed by atoms with van der Waals surface area (Å²) in [6, 6.07) is 0. The SMILES string of the molecule is C#C[C@]1(COC(=O)OCCCCCC(=O)O)O[C@@H](n2cnc3c(N)nc(F)nc32)C[C@@H]1O. The number of carboxylic acid groups (broad SMARTS) is 1. The molecule has 0 spiro atoms. The second-order valence-corrected chi connectivity index (χ2v) is 7.15. The van der Waals surface area contributed by atoms with E-state index in [4.69, 9.17) is 31.5 Å². The predicted molar refractivity (Wildman–Crippen MR) is 105 cm³/mol. The molecule has 1 saturated heterocycles. The van der Waals surface area contributed by atoms with Gasteiger partial charge in [-0.15, -0.1) is 6.42 Å². The summed E-state index contributed by atoms with van der Waals surface area (Å²) in [5, 5.41) is 19.1. The number of aliphatic hydroxyl groups excluding tert-OH is 1. The van der Waals surface area contributed by atoms with Crippen molar-refractivity contribution in [2.45, 2.75) is 50.0 Å². The smallest absolute Gasteiger partial charge is 0.481 e. The minimum absolute atomic E-state index is 0.0107. The molecule has 3 rings (SSSR count). The van der Waals surface area contributed by atoms with Crippen LogP contribution in [0.25, 0.3) is 11.2 Å². The van der Waals surface area contributed by atoms with Gasteiger partial charge in [0.15, 0.2) is 22.6 Å². The average Bonchev–Trinajstić information content (AvgIpc) is 3.30. The summed E-state index contributed by atoms with van der Waals surface area (Å²) < 4.78 is 30.7. The molecule has 0 aliphatic carbocycles. The number of fused-ring (bicyclic) bond motifs is 1. The zero-order valence-corrected chi connectivity index (χ0v) is 16.9. The number of rotatable bonds is 9. The predicted octanol–water partition coefficient (Wildman–Crippen LogP) is 0.998. The van der Waals surface area contributed by atoms with Gasteiger partial charge in [-0.25, -0.2) is 9.78 Å². The van der Waals surface area contributed by atoms with Crippen LogP contribution in [0.3, 0.4) is 0 Å². The number of ether oxygens (including phenoxy) is 3. The molecule has 1 aliphatic heterocycles. The topological polar surface area (TPSA) is 172 Å². The van der Waals surface area contributed by atoms with Gasteiger partial charge in [-0.05, 0) is 19.3 Å². The molecule has 1 aliphatic rings. The third-order valence-corrected chi connectivity index (χ3v) is 4.94. The maximum Gasteiger partial charge on any atom is 0.508 e. The number of aromatic nitrogens is 4.